The molecule has 128 valence electrons. The van der Waals surface area contributed by atoms with Crippen molar-refractivity contribution >= 4 is 0 Å². The molecule has 0 atom stereocenters. The zero-order chi connectivity index (χ0) is 17.2. The van der Waals surface area contributed by atoms with Crippen LogP contribution in [0.25, 0.3) is 11.1 Å². The SMILES string of the molecule is Cc1cncc(-c2cccc(CN3CCN(C(C)(C)C)CC3)c2)c1. The van der Waals surface area contributed by atoms with Crippen LogP contribution in [0.15, 0.2) is 42.7 Å². The minimum Gasteiger partial charge on any atom is -0.297 e. The van der Waals surface area contributed by atoms with Crippen molar-refractivity contribution in [1.82, 2.24) is 14.8 Å². The van der Waals surface area contributed by atoms with Gasteiger partial charge in [0.25, 0.3) is 0 Å². The lowest BCUT2D eigenvalue weighted by atomic mass is 10.0. The quantitative estimate of drug-likeness (QED) is 0.852. The second-order valence-electron chi connectivity index (χ2n) is 7.89. The van der Waals surface area contributed by atoms with Gasteiger partial charge in [-0.2, -0.15) is 0 Å². The molecule has 0 spiro atoms. The second kappa shape index (κ2) is 7.04. The summed E-state index contributed by atoms with van der Waals surface area (Å²) in [6, 6.07) is 11.1. The van der Waals surface area contributed by atoms with Crippen molar-refractivity contribution in [3.63, 3.8) is 0 Å². The first kappa shape index (κ1) is 17.1. The monoisotopic (exact) mass is 323 g/mol. The summed E-state index contributed by atoms with van der Waals surface area (Å²) in [5.74, 6) is 0. The van der Waals surface area contributed by atoms with E-state index < -0.39 is 0 Å². The predicted molar refractivity (Wildman–Crippen MR) is 101 cm³/mol. The molecule has 1 aliphatic heterocycles. The third kappa shape index (κ3) is 4.22. The summed E-state index contributed by atoms with van der Waals surface area (Å²) in [7, 11) is 0. The molecule has 0 radical (unpaired) electrons. The van der Waals surface area contributed by atoms with E-state index in [2.05, 4.69) is 72.8 Å². The average molecular weight is 323 g/mol. The van der Waals surface area contributed by atoms with E-state index >= 15 is 0 Å². The highest BCUT2D eigenvalue weighted by Crippen LogP contribution is 2.22. The maximum atomic E-state index is 4.32. The normalized spacial score (nSPS) is 17.2. The first-order valence-corrected chi connectivity index (χ1v) is 8.90. The topological polar surface area (TPSA) is 19.4 Å². The lowest BCUT2D eigenvalue weighted by molar-refractivity contribution is 0.0591. The summed E-state index contributed by atoms with van der Waals surface area (Å²) in [5.41, 5.74) is 5.34. The first-order valence-electron chi connectivity index (χ1n) is 8.90. The van der Waals surface area contributed by atoms with E-state index in [-0.39, 0.29) is 5.54 Å². The highest BCUT2D eigenvalue weighted by Gasteiger charge is 2.25. The molecule has 1 fully saturated rings. The molecule has 3 heteroatoms. The van der Waals surface area contributed by atoms with E-state index in [9.17, 15) is 0 Å². The van der Waals surface area contributed by atoms with E-state index in [4.69, 9.17) is 0 Å². The van der Waals surface area contributed by atoms with Gasteiger partial charge in [0.05, 0.1) is 0 Å². The smallest absolute Gasteiger partial charge is 0.0346 e. The van der Waals surface area contributed by atoms with Crippen molar-refractivity contribution in [1.29, 1.82) is 0 Å². The Morgan fingerprint density at radius 1 is 0.958 bits per heavy atom. The van der Waals surface area contributed by atoms with Crippen LogP contribution in [0.2, 0.25) is 0 Å². The van der Waals surface area contributed by atoms with Gasteiger partial charge in [-0.1, -0.05) is 18.2 Å². The van der Waals surface area contributed by atoms with E-state index in [1.165, 1.54) is 22.3 Å². The van der Waals surface area contributed by atoms with Crippen molar-refractivity contribution in [2.75, 3.05) is 26.2 Å². The zero-order valence-corrected chi connectivity index (χ0v) is 15.4. The minimum absolute atomic E-state index is 0.282. The number of hydrogen-bond donors (Lipinski definition) is 0. The van der Waals surface area contributed by atoms with Crippen molar-refractivity contribution < 1.29 is 0 Å². The number of nitrogens with zero attached hydrogens (tertiary/aromatic N) is 3. The minimum atomic E-state index is 0.282. The molecular formula is C21H29N3. The van der Waals surface area contributed by atoms with E-state index in [1.54, 1.807) is 0 Å². The second-order valence-corrected chi connectivity index (χ2v) is 7.89. The maximum absolute atomic E-state index is 4.32. The Bertz CT molecular complexity index is 679. The van der Waals surface area contributed by atoms with Crippen molar-refractivity contribution in [3.05, 3.63) is 53.9 Å². The van der Waals surface area contributed by atoms with Crippen LogP contribution < -0.4 is 0 Å². The molecule has 2 heterocycles. The number of piperazine rings is 1. The summed E-state index contributed by atoms with van der Waals surface area (Å²) >= 11 is 0. The molecule has 3 nitrogen and oxygen atoms in total. The van der Waals surface area contributed by atoms with Crippen LogP contribution in [-0.4, -0.2) is 46.5 Å². The lowest BCUT2D eigenvalue weighted by Crippen LogP contribution is -2.53. The first-order chi connectivity index (χ1) is 11.4. The Labute approximate surface area is 146 Å². The number of rotatable bonds is 3. The molecule has 0 saturated carbocycles. The van der Waals surface area contributed by atoms with Gasteiger partial charge in [-0.25, -0.2) is 0 Å². The molecule has 1 saturated heterocycles. The Morgan fingerprint density at radius 3 is 2.38 bits per heavy atom. The van der Waals surface area contributed by atoms with Crippen molar-refractivity contribution in [2.24, 2.45) is 0 Å². The fourth-order valence-corrected chi connectivity index (χ4v) is 3.40. The van der Waals surface area contributed by atoms with Gasteiger partial charge >= 0.3 is 0 Å². The van der Waals surface area contributed by atoms with Crippen LogP contribution in [0, 0.1) is 6.92 Å². The van der Waals surface area contributed by atoms with E-state index in [0.717, 1.165) is 32.7 Å². The molecule has 24 heavy (non-hydrogen) atoms. The summed E-state index contributed by atoms with van der Waals surface area (Å²) in [6.45, 7) is 14.7. The lowest BCUT2D eigenvalue weighted by Gasteiger charge is -2.42. The maximum Gasteiger partial charge on any atom is 0.0346 e. The highest BCUT2D eigenvalue weighted by atomic mass is 15.3. The highest BCUT2D eigenvalue weighted by molar-refractivity contribution is 5.63. The summed E-state index contributed by atoms with van der Waals surface area (Å²) in [6.07, 6.45) is 3.86. The van der Waals surface area contributed by atoms with Crippen molar-refractivity contribution in [3.8, 4) is 11.1 Å². The number of aromatic nitrogens is 1. The zero-order valence-electron chi connectivity index (χ0n) is 15.4. The van der Waals surface area contributed by atoms with Gasteiger partial charge in [0.15, 0.2) is 0 Å². The molecule has 2 aromatic rings. The van der Waals surface area contributed by atoms with Crippen LogP contribution in [0.4, 0.5) is 0 Å². The third-order valence-corrected chi connectivity index (χ3v) is 4.86. The Morgan fingerprint density at radius 2 is 1.71 bits per heavy atom. The largest absolute Gasteiger partial charge is 0.297 e. The Kier molecular flexibility index (Phi) is 5.02. The van der Waals surface area contributed by atoms with Gasteiger partial charge in [-0.05, 0) is 56.5 Å². The molecule has 0 aliphatic carbocycles. The van der Waals surface area contributed by atoms with Gasteiger partial charge in [0.2, 0.25) is 0 Å². The van der Waals surface area contributed by atoms with E-state index in [0.29, 0.717) is 0 Å². The molecule has 0 amide bonds. The van der Waals surface area contributed by atoms with Crippen LogP contribution in [0.5, 0.6) is 0 Å². The van der Waals surface area contributed by atoms with Crippen LogP contribution >= 0.6 is 0 Å². The fourth-order valence-electron chi connectivity index (χ4n) is 3.40. The summed E-state index contributed by atoms with van der Waals surface area (Å²) in [5, 5.41) is 0. The average Bonchev–Trinajstić information content (AvgIpc) is 2.55. The molecule has 0 bridgehead atoms. The van der Waals surface area contributed by atoms with Gasteiger partial charge in [0, 0.05) is 56.2 Å². The van der Waals surface area contributed by atoms with Crippen LogP contribution in [0.1, 0.15) is 31.9 Å². The fraction of sp³-hybridized carbons (Fsp3) is 0.476. The summed E-state index contributed by atoms with van der Waals surface area (Å²) < 4.78 is 0. The molecular weight excluding hydrogens is 294 g/mol. The van der Waals surface area contributed by atoms with Crippen molar-refractivity contribution in [2.45, 2.75) is 39.8 Å². The molecule has 0 N–H and O–H groups in total. The standard InChI is InChI=1S/C21H29N3/c1-17-12-20(15-22-14-17)19-7-5-6-18(13-19)16-23-8-10-24(11-9-23)21(2,3)4/h5-7,12-15H,8-11,16H2,1-4H3. The van der Waals surface area contributed by atoms with Gasteiger partial charge in [0.1, 0.15) is 0 Å². The van der Waals surface area contributed by atoms with Gasteiger partial charge in [-0.3, -0.25) is 14.8 Å². The van der Waals surface area contributed by atoms with Gasteiger partial charge < -0.3 is 0 Å². The van der Waals surface area contributed by atoms with Crippen LogP contribution in [0.3, 0.4) is 0 Å². The third-order valence-electron chi connectivity index (χ3n) is 4.86. The number of aryl methyl sites for hydroxylation is 1. The van der Waals surface area contributed by atoms with E-state index in [1.807, 2.05) is 12.4 Å². The number of benzene rings is 1. The summed E-state index contributed by atoms with van der Waals surface area (Å²) in [4.78, 5) is 9.47. The molecule has 1 aromatic heterocycles. The molecule has 3 rings (SSSR count). The van der Waals surface area contributed by atoms with Crippen LogP contribution in [-0.2, 0) is 6.54 Å². The Balaban J connectivity index is 1.66. The molecule has 1 aliphatic rings. The number of hydrogen-bond acceptors (Lipinski definition) is 3. The molecule has 1 aromatic carbocycles. The Hall–Kier alpha value is -1.71. The number of pyridine rings is 1. The van der Waals surface area contributed by atoms with Gasteiger partial charge in [-0.15, -0.1) is 0 Å². The molecule has 0 unspecified atom stereocenters. The predicted octanol–water partition coefficient (Wildman–Crippen LogP) is 3.97.